The molecule has 0 fully saturated rings. The zero-order valence-corrected chi connectivity index (χ0v) is 15.3. The zero-order valence-electron chi connectivity index (χ0n) is 13.7. The SMILES string of the molecule is C=CCNS(=O)(=O)c1cccc(C(=O)Nc2ccc(Cl)c(C(F)(F)F)c2)c1. The fraction of sp³-hybridized carbons (Fsp3) is 0.118. The van der Waals surface area contributed by atoms with E-state index in [-0.39, 0.29) is 22.7 Å². The van der Waals surface area contributed by atoms with Gasteiger partial charge in [0.15, 0.2) is 0 Å². The Hall–Kier alpha value is -2.36. The van der Waals surface area contributed by atoms with Crippen LogP contribution in [0.1, 0.15) is 15.9 Å². The maximum absolute atomic E-state index is 12.9. The predicted molar refractivity (Wildman–Crippen MR) is 96.2 cm³/mol. The van der Waals surface area contributed by atoms with Crippen LogP contribution in [0.15, 0.2) is 60.0 Å². The van der Waals surface area contributed by atoms with Crippen LogP contribution in [0.3, 0.4) is 0 Å². The Morgan fingerprint density at radius 3 is 2.52 bits per heavy atom. The van der Waals surface area contributed by atoms with E-state index in [1.165, 1.54) is 30.3 Å². The fourth-order valence-electron chi connectivity index (χ4n) is 2.08. The van der Waals surface area contributed by atoms with E-state index in [1.807, 2.05) is 0 Å². The second-order valence-electron chi connectivity index (χ2n) is 5.31. The van der Waals surface area contributed by atoms with Gasteiger partial charge in [0.05, 0.1) is 15.5 Å². The first-order chi connectivity index (χ1) is 12.5. The molecule has 144 valence electrons. The van der Waals surface area contributed by atoms with Crippen LogP contribution in [-0.2, 0) is 16.2 Å². The van der Waals surface area contributed by atoms with Crippen LogP contribution in [0.2, 0.25) is 5.02 Å². The predicted octanol–water partition coefficient (Wildman–Crippen LogP) is 4.08. The molecule has 2 N–H and O–H groups in total. The molecule has 2 aromatic rings. The van der Waals surface area contributed by atoms with Gasteiger partial charge in [0.1, 0.15) is 0 Å². The molecule has 0 saturated carbocycles. The number of alkyl halides is 3. The van der Waals surface area contributed by atoms with Crippen molar-refractivity contribution in [2.45, 2.75) is 11.1 Å². The number of amides is 1. The molecule has 0 aliphatic heterocycles. The Kier molecular flexibility index (Phi) is 6.30. The van der Waals surface area contributed by atoms with Gasteiger partial charge in [0, 0.05) is 17.8 Å². The molecule has 0 spiro atoms. The molecule has 0 aliphatic rings. The van der Waals surface area contributed by atoms with Crippen LogP contribution in [0, 0.1) is 0 Å². The van der Waals surface area contributed by atoms with Crippen molar-refractivity contribution in [2.24, 2.45) is 0 Å². The highest BCUT2D eigenvalue weighted by Crippen LogP contribution is 2.36. The minimum Gasteiger partial charge on any atom is -0.322 e. The average Bonchev–Trinajstić information content (AvgIpc) is 2.60. The van der Waals surface area contributed by atoms with Gasteiger partial charge in [-0.2, -0.15) is 13.2 Å². The van der Waals surface area contributed by atoms with E-state index in [1.54, 1.807) is 0 Å². The van der Waals surface area contributed by atoms with Crippen molar-refractivity contribution >= 4 is 33.2 Å². The number of halogens is 4. The van der Waals surface area contributed by atoms with E-state index in [4.69, 9.17) is 11.6 Å². The fourth-order valence-corrected chi connectivity index (χ4v) is 3.35. The smallest absolute Gasteiger partial charge is 0.322 e. The molecular weight excluding hydrogens is 405 g/mol. The van der Waals surface area contributed by atoms with Crippen molar-refractivity contribution in [1.29, 1.82) is 0 Å². The first-order valence-corrected chi connectivity index (χ1v) is 9.29. The molecule has 0 aliphatic carbocycles. The minimum atomic E-state index is -4.68. The molecule has 0 aromatic heterocycles. The topological polar surface area (TPSA) is 75.3 Å². The summed E-state index contributed by atoms with van der Waals surface area (Å²) >= 11 is 5.53. The quantitative estimate of drug-likeness (QED) is 0.694. The van der Waals surface area contributed by atoms with Crippen molar-refractivity contribution in [1.82, 2.24) is 4.72 Å². The highest BCUT2D eigenvalue weighted by molar-refractivity contribution is 7.89. The molecule has 2 rings (SSSR count). The standard InChI is InChI=1S/C17H14ClF3N2O3S/c1-2-8-22-27(25,26)13-5-3-4-11(9-13)16(24)23-12-6-7-15(18)14(10-12)17(19,20)21/h2-7,9-10,22H,1,8H2,(H,23,24). The van der Waals surface area contributed by atoms with Gasteiger partial charge in [-0.1, -0.05) is 23.7 Å². The molecule has 0 radical (unpaired) electrons. The van der Waals surface area contributed by atoms with E-state index in [0.29, 0.717) is 6.07 Å². The lowest BCUT2D eigenvalue weighted by Crippen LogP contribution is -2.24. The van der Waals surface area contributed by atoms with Gasteiger partial charge in [-0.15, -0.1) is 6.58 Å². The van der Waals surface area contributed by atoms with Gasteiger partial charge in [0.2, 0.25) is 10.0 Å². The summed E-state index contributed by atoms with van der Waals surface area (Å²) in [5.41, 5.74) is -1.26. The first kappa shape index (κ1) is 20.9. The molecule has 1 amide bonds. The molecule has 0 saturated heterocycles. The molecular formula is C17H14ClF3N2O3S. The summed E-state index contributed by atoms with van der Waals surface area (Å²) in [6.45, 7) is 3.40. The number of carbonyl (C=O) groups is 1. The van der Waals surface area contributed by atoms with E-state index < -0.39 is 32.7 Å². The normalized spacial score (nSPS) is 11.9. The molecule has 27 heavy (non-hydrogen) atoms. The molecule has 0 atom stereocenters. The molecule has 0 bridgehead atoms. The molecule has 0 unspecified atom stereocenters. The van der Waals surface area contributed by atoms with Crippen LogP contribution in [0.5, 0.6) is 0 Å². The van der Waals surface area contributed by atoms with Crippen LogP contribution in [-0.4, -0.2) is 20.9 Å². The third-order valence-electron chi connectivity index (χ3n) is 3.35. The zero-order chi connectivity index (χ0) is 20.2. The van der Waals surface area contributed by atoms with Crippen molar-refractivity contribution in [3.8, 4) is 0 Å². The van der Waals surface area contributed by atoms with Crippen LogP contribution < -0.4 is 10.0 Å². The molecule has 10 heteroatoms. The Morgan fingerprint density at radius 2 is 1.89 bits per heavy atom. The Morgan fingerprint density at radius 1 is 1.19 bits per heavy atom. The lowest BCUT2D eigenvalue weighted by Gasteiger charge is -2.12. The minimum absolute atomic E-state index is 0.00372. The number of nitrogens with one attached hydrogen (secondary N) is 2. The summed E-state index contributed by atoms with van der Waals surface area (Å²) in [5.74, 6) is -0.772. The highest BCUT2D eigenvalue weighted by atomic mass is 35.5. The number of sulfonamides is 1. The average molecular weight is 419 g/mol. The number of hydrogen-bond acceptors (Lipinski definition) is 3. The Balaban J connectivity index is 2.27. The third-order valence-corrected chi connectivity index (χ3v) is 5.10. The summed E-state index contributed by atoms with van der Waals surface area (Å²) in [6, 6.07) is 8.00. The monoisotopic (exact) mass is 418 g/mol. The number of benzene rings is 2. The van der Waals surface area contributed by atoms with E-state index in [0.717, 1.165) is 12.1 Å². The Labute approximate surface area is 158 Å². The van der Waals surface area contributed by atoms with Gasteiger partial charge in [-0.25, -0.2) is 13.1 Å². The summed E-state index contributed by atoms with van der Waals surface area (Å²) < 4.78 is 65.1. The second kappa shape index (κ2) is 8.12. The number of anilines is 1. The van der Waals surface area contributed by atoms with Crippen molar-refractivity contribution in [3.05, 3.63) is 71.3 Å². The van der Waals surface area contributed by atoms with Crippen molar-refractivity contribution in [3.63, 3.8) is 0 Å². The van der Waals surface area contributed by atoms with E-state index in [2.05, 4.69) is 16.6 Å². The second-order valence-corrected chi connectivity index (χ2v) is 7.49. The van der Waals surface area contributed by atoms with Crippen LogP contribution in [0.4, 0.5) is 18.9 Å². The number of rotatable bonds is 6. The third kappa shape index (κ3) is 5.31. The maximum Gasteiger partial charge on any atom is 0.417 e. The summed E-state index contributed by atoms with van der Waals surface area (Å²) in [5, 5.41) is 1.79. The van der Waals surface area contributed by atoms with Gasteiger partial charge in [-0.3, -0.25) is 4.79 Å². The summed E-state index contributed by atoms with van der Waals surface area (Å²) in [6.07, 6.45) is -3.32. The van der Waals surface area contributed by atoms with Crippen molar-refractivity contribution in [2.75, 3.05) is 11.9 Å². The van der Waals surface area contributed by atoms with Crippen LogP contribution in [0.25, 0.3) is 0 Å². The first-order valence-electron chi connectivity index (χ1n) is 7.43. The van der Waals surface area contributed by atoms with Gasteiger partial charge >= 0.3 is 6.18 Å². The number of hydrogen-bond donors (Lipinski definition) is 2. The van der Waals surface area contributed by atoms with E-state index in [9.17, 15) is 26.4 Å². The van der Waals surface area contributed by atoms with Gasteiger partial charge in [0.25, 0.3) is 5.91 Å². The molecule has 0 heterocycles. The maximum atomic E-state index is 12.9. The van der Waals surface area contributed by atoms with E-state index >= 15 is 0 Å². The highest BCUT2D eigenvalue weighted by Gasteiger charge is 2.33. The lowest BCUT2D eigenvalue weighted by molar-refractivity contribution is -0.137. The summed E-state index contributed by atoms with van der Waals surface area (Å²) in [7, 11) is -3.85. The largest absolute Gasteiger partial charge is 0.417 e. The van der Waals surface area contributed by atoms with Crippen molar-refractivity contribution < 1.29 is 26.4 Å². The molecule has 2 aromatic carbocycles. The Bertz CT molecular complexity index is 976. The lowest BCUT2D eigenvalue weighted by atomic mass is 10.1. The number of carbonyl (C=O) groups excluding carboxylic acids is 1. The van der Waals surface area contributed by atoms with Crippen LogP contribution >= 0.6 is 11.6 Å². The summed E-state index contributed by atoms with van der Waals surface area (Å²) in [4.78, 5) is 12.1. The molecule has 5 nitrogen and oxygen atoms in total. The van der Waals surface area contributed by atoms with Gasteiger partial charge < -0.3 is 5.32 Å². The van der Waals surface area contributed by atoms with Gasteiger partial charge in [-0.05, 0) is 36.4 Å².